The second-order valence-electron chi connectivity index (χ2n) is 5.33. The van der Waals surface area contributed by atoms with E-state index >= 15 is 0 Å². The molecule has 0 aliphatic heterocycles. The van der Waals surface area contributed by atoms with Crippen LogP contribution in [0.4, 0.5) is 5.82 Å². The SMILES string of the molecule is CNc1cccc(C(=O)NCCN(C)C2CCCC2)n1. The number of nitrogens with one attached hydrogen (secondary N) is 2. The van der Waals surface area contributed by atoms with Crippen LogP contribution in [-0.2, 0) is 0 Å². The van der Waals surface area contributed by atoms with Crippen LogP contribution in [0.15, 0.2) is 18.2 Å². The van der Waals surface area contributed by atoms with Crippen molar-refractivity contribution < 1.29 is 4.79 Å². The molecule has 0 bridgehead atoms. The predicted octanol–water partition coefficient (Wildman–Crippen LogP) is 1.73. The monoisotopic (exact) mass is 276 g/mol. The topological polar surface area (TPSA) is 57.3 Å². The van der Waals surface area contributed by atoms with Crippen molar-refractivity contribution in [1.29, 1.82) is 0 Å². The van der Waals surface area contributed by atoms with E-state index in [0.717, 1.165) is 6.54 Å². The van der Waals surface area contributed by atoms with E-state index in [1.165, 1.54) is 25.7 Å². The van der Waals surface area contributed by atoms with Crippen molar-refractivity contribution in [2.24, 2.45) is 0 Å². The normalized spacial score (nSPS) is 15.6. The van der Waals surface area contributed by atoms with Crippen molar-refractivity contribution >= 4 is 11.7 Å². The van der Waals surface area contributed by atoms with Gasteiger partial charge in [0, 0.05) is 26.2 Å². The number of likely N-dealkylation sites (N-methyl/N-ethyl adjacent to an activating group) is 1. The van der Waals surface area contributed by atoms with E-state index in [1.807, 2.05) is 12.1 Å². The van der Waals surface area contributed by atoms with Crippen molar-refractivity contribution in [2.45, 2.75) is 31.7 Å². The zero-order valence-electron chi connectivity index (χ0n) is 12.4. The lowest BCUT2D eigenvalue weighted by atomic mass is 10.2. The number of nitrogens with zero attached hydrogens (tertiary/aromatic N) is 2. The average molecular weight is 276 g/mol. The van der Waals surface area contributed by atoms with Crippen molar-refractivity contribution in [2.75, 3.05) is 32.5 Å². The van der Waals surface area contributed by atoms with E-state index < -0.39 is 0 Å². The van der Waals surface area contributed by atoms with Crippen LogP contribution in [0, 0.1) is 0 Å². The maximum absolute atomic E-state index is 12.0. The van der Waals surface area contributed by atoms with Crippen LogP contribution in [0.5, 0.6) is 0 Å². The van der Waals surface area contributed by atoms with Crippen LogP contribution in [0.1, 0.15) is 36.2 Å². The standard InChI is InChI=1S/C15H24N4O/c1-16-14-9-5-8-13(18-14)15(20)17-10-11-19(2)12-6-3-4-7-12/h5,8-9,12H,3-4,6-7,10-11H2,1-2H3,(H,16,18)(H,17,20). The Labute approximate surface area is 120 Å². The highest BCUT2D eigenvalue weighted by molar-refractivity contribution is 5.92. The molecule has 1 saturated carbocycles. The van der Waals surface area contributed by atoms with E-state index in [-0.39, 0.29) is 5.91 Å². The first-order valence-electron chi connectivity index (χ1n) is 7.34. The third-order valence-corrected chi connectivity index (χ3v) is 3.94. The summed E-state index contributed by atoms with van der Waals surface area (Å²) in [5, 5.41) is 5.87. The van der Waals surface area contributed by atoms with Crippen LogP contribution in [0.25, 0.3) is 0 Å². The van der Waals surface area contributed by atoms with E-state index in [4.69, 9.17) is 0 Å². The Morgan fingerprint density at radius 3 is 2.85 bits per heavy atom. The molecule has 20 heavy (non-hydrogen) atoms. The molecule has 110 valence electrons. The molecule has 0 radical (unpaired) electrons. The van der Waals surface area contributed by atoms with Gasteiger partial charge in [0.15, 0.2) is 0 Å². The molecule has 0 unspecified atom stereocenters. The van der Waals surface area contributed by atoms with Crippen molar-refractivity contribution in [3.05, 3.63) is 23.9 Å². The average Bonchev–Trinajstić information content (AvgIpc) is 3.01. The smallest absolute Gasteiger partial charge is 0.270 e. The largest absolute Gasteiger partial charge is 0.373 e. The lowest BCUT2D eigenvalue weighted by molar-refractivity contribution is 0.0942. The number of anilines is 1. The number of hydrogen-bond donors (Lipinski definition) is 2. The number of aromatic nitrogens is 1. The highest BCUT2D eigenvalue weighted by Crippen LogP contribution is 2.21. The zero-order valence-corrected chi connectivity index (χ0v) is 12.4. The Hall–Kier alpha value is -1.62. The molecule has 1 aliphatic carbocycles. The first kappa shape index (κ1) is 14.8. The highest BCUT2D eigenvalue weighted by atomic mass is 16.1. The molecule has 5 nitrogen and oxygen atoms in total. The van der Waals surface area contributed by atoms with Gasteiger partial charge in [-0.2, -0.15) is 0 Å². The quantitative estimate of drug-likeness (QED) is 0.831. The maximum Gasteiger partial charge on any atom is 0.270 e. The van der Waals surface area contributed by atoms with Gasteiger partial charge in [0.2, 0.25) is 0 Å². The minimum absolute atomic E-state index is 0.109. The molecule has 1 aromatic rings. The fourth-order valence-electron chi connectivity index (χ4n) is 2.66. The summed E-state index contributed by atoms with van der Waals surface area (Å²) in [6, 6.07) is 6.09. The molecule has 1 fully saturated rings. The summed E-state index contributed by atoms with van der Waals surface area (Å²) in [5.41, 5.74) is 0.459. The lowest BCUT2D eigenvalue weighted by Crippen LogP contribution is -2.37. The van der Waals surface area contributed by atoms with Gasteiger partial charge in [-0.1, -0.05) is 18.9 Å². The summed E-state index contributed by atoms with van der Waals surface area (Å²) in [7, 11) is 3.93. The fraction of sp³-hybridized carbons (Fsp3) is 0.600. The van der Waals surface area contributed by atoms with Gasteiger partial charge in [-0.3, -0.25) is 4.79 Å². The third-order valence-electron chi connectivity index (χ3n) is 3.94. The molecule has 1 aliphatic rings. The molecule has 0 aromatic carbocycles. The Morgan fingerprint density at radius 2 is 2.15 bits per heavy atom. The first-order chi connectivity index (χ1) is 9.70. The lowest BCUT2D eigenvalue weighted by Gasteiger charge is -2.23. The molecule has 1 amide bonds. The number of carbonyl (C=O) groups excluding carboxylic acids is 1. The summed E-state index contributed by atoms with van der Waals surface area (Å²) in [6.07, 6.45) is 5.25. The Bertz CT molecular complexity index is 443. The molecule has 2 rings (SSSR count). The van der Waals surface area contributed by atoms with Gasteiger partial charge in [-0.25, -0.2) is 4.98 Å². The first-order valence-corrected chi connectivity index (χ1v) is 7.34. The molecule has 0 atom stereocenters. The van der Waals surface area contributed by atoms with Crippen molar-refractivity contribution in [1.82, 2.24) is 15.2 Å². The number of amides is 1. The van der Waals surface area contributed by atoms with Crippen LogP contribution in [0.2, 0.25) is 0 Å². The molecule has 2 N–H and O–H groups in total. The van der Waals surface area contributed by atoms with Gasteiger partial charge in [0.1, 0.15) is 11.5 Å². The van der Waals surface area contributed by atoms with E-state index in [9.17, 15) is 4.79 Å². The number of hydrogen-bond acceptors (Lipinski definition) is 4. The number of rotatable bonds is 6. The molecular formula is C15H24N4O. The highest BCUT2D eigenvalue weighted by Gasteiger charge is 2.19. The van der Waals surface area contributed by atoms with Gasteiger partial charge >= 0.3 is 0 Å². The van der Waals surface area contributed by atoms with Gasteiger partial charge in [-0.15, -0.1) is 0 Å². The Kier molecular flexibility index (Phi) is 5.35. The molecule has 1 aromatic heterocycles. The van der Waals surface area contributed by atoms with Gasteiger partial charge in [0.25, 0.3) is 5.91 Å². The maximum atomic E-state index is 12.0. The van der Waals surface area contributed by atoms with E-state index in [2.05, 4.69) is 27.6 Å². The molecular weight excluding hydrogens is 252 g/mol. The molecule has 5 heteroatoms. The summed E-state index contributed by atoms with van der Waals surface area (Å²) >= 11 is 0. The summed E-state index contributed by atoms with van der Waals surface area (Å²) in [6.45, 7) is 1.55. The molecule has 0 saturated heterocycles. The number of pyridine rings is 1. The van der Waals surface area contributed by atoms with Crippen molar-refractivity contribution in [3.8, 4) is 0 Å². The number of carbonyl (C=O) groups is 1. The summed E-state index contributed by atoms with van der Waals surface area (Å²) < 4.78 is 0. The van der Waals surface area contributed by atoms with Gasteiger partial charge in [-0.05, 0) is 32.0 Å². The summed E-state index contributed by atoms with van der Waals surface area (Å²) in [4.78, 5) is 18.6. The van der Waals surface area contributed by atoms with Crippen LogP contribution in [0.3, 0.4) is 0 Å². The van der Waals surface area contributed by atoms with Crippen LogP contribution < -0.4 is 10.6 Å². The minimum Gasteiger partial charge on any atom is -0.373 e. The zero-order chi connectivity index (χ0) is 14.4. The van der Waals surface area contributed by atoms with E-state index in [1.54, 1.807) is 13.1 Å². The van der Waals surface area contributed by atoms with Gasteiger partial charge < -0.3 is 15.5 Å². The van der Waals surface area contributed by atoms with Crippen LogP contribution in [-0.4, -0.2) is 49.0 Å². The molecule has 1 heterocycles. The summed E-state index contributed by atoms with van der Waals surface area (Å²) in [5.74, 6) is 0.600. The minimum atomic E-state index is -0.109. The second kappa shape index (κ2) is 7.24. The van der Waals surface area contributed by atoms with E-state index in [0.29, 0.717) is 24.1 Å². The Morgan fingerprint density at radius 1 is 1.40 bits per heavy atom. The molecule has 0 spiro atoms. The van der Waals surface area contributed by atoms with Crippen LogP contribution >= 0.6 is 0 Å². The van der Waals surface area contributed by atoms with Crippen molar-refractivity contribution in [3.63, 3.8) is 0 Å². The second-order valence-corrected chi connectivity index (χ2v) is 5.33. The van der Waals surface area contributed by atoms with Gasteiger partial charge in [0.05, 0.1) is 0 Å². The third kappa shape index (κ3) is 3.93. The Balaban J connectivity index is 1.76. The fourth-order valence-corrected chi connectivity index (χ4v) is 2.66. The predicted molar refractivity (Wildman–Crippen MR) is 81.0 cm³/mol.